The number of rotatable bonds is 6. The zero-order valence-electron chi connectivity index (χ0n) is 18.7. The minimum Gasteiger partial charge on any atom is -0.478 e. The predicted octanol–water partition coefficient (Wildman–Crippen LogP) is 5.29. The molecule has 0 aliphatic heterocycles. The predicted molar refractivity (Wildman–Crippen MR) is 132 cm³/mol. The number of nitrogens with one attached hydrogen (secondary N) is 2. The van der Waals surface area contributed by atoms with Gasteiger partial charge < -0.3 is 20.5 Å². The first-order valence-corrected chi connectivity index (χ1v) is 11.7. The van der Waals surface area contributed by atoms with Crippen molar-refractivity contribution in [2.75, 3.05) is 11.9 Å². The molecule has 1 saturated carbocycles. The first kappa shape index (κ1) is 22.9. The molecule has 8 heteroatoms. The molecule has 0 unspecified atom stereocenters. The van der Waals surface area contributed by atoms with Crippen LogP contribution in [-0.4, -0.2) is 35.7 Å². The Labute approximate surface area is 207 Å². The normalized spacial score (nSPS) is 18.1. The number of anilines is 1. The SMILES string of the molecule is O=C(NC1CC(C(=O)Nc2cc(Cl)ccc2C(=O)O)C1)OCC1c2ccccc2-c2ccccc21. The number of halogens is 1. The van der Waals surface area contributed by atoms with Crippen LogP contribution in [0.15, 0.2) is 66.7 Å². The van der Waals surface area contributed by atoms with Gasteiger partial charge in [0.1, 0.15) is 6.61 Å². The molecule has 3 aromatic carbocycles. The molecule has 2 aliphatic carbocycles. The van der Waals surface area contributed by atoms with Crippen LogP contribution >= 0.6 is 11.6 Å². The molecule has 2 amide bonds. The molecule has 7 nitrogen and oxygen atoms in total. The zero-order chi connectivity index (χ0) is 24.5. The molecule has 178 valence electrons. The molecule has 35 heavy (non-hydrogen) atoms. The smallest absolute Gasteiger partial charge is 0.407 e. The van der Waals surface area contributed by atoms with Gasteiger partial charge >= 0.3 is 12.1 Å². The minimum absolute atomic E-state index is 0.0193. The van der Waals surface area contributed by atoms with Crippen molar-refractivity contribution >= 4 is 35.3 Å². The van der Waals surface area contributed by atoms with E-state index < -0.39 is 12.1 Å². The highest BCUT2D eigenvalue weighted by molar-refractivity contribution is 6.31. The first-order chi connectivity index (χ1) is 16.9. The topological polar surface area (TPSA) is 105 Å². The van der Waals surface area contributed by atoms with Crippen molar-refractivity contribution < 1.29 is 24.2 Å². The number of alkyl carbamates (subject to hydrolysis) is 1. The molecule has 0 bridgehead atoms. The number of carboxylic acids is 1. The summed E-state index contributed by atoms with van der Waals surface area (Å²) in [4.78, 5) is 36.4. The lowest BCUT2D eigenvalue weighted by molar-refractivity contribution is -0.122. The summed E-state index contributed by atoms with van der Waals surface area (Å²) in [6, 6.07) is 20.3. The van der Waals surface area contributed by atoms with Gasteiger partial charge in [-0.25, -0.2) is 9.59 Å². The third-order valence-electron chi connectivity index (χ3n) is 6.64. The zero-order valence-corrected chi connectivity index (χ0v) is 19.4. The molecule has 5 rings (SSSR count). The van der Waals surface area contributed by atoms with E-state index in [4.69, 9.17) is 16.3 Å². The van der Waals surface area contributed by atoms with Crippen molar-refractivity contribution in [1.82, 2.24) is 5.32 Å². The van der Waals surface area contributed by atoms with Crippen LogP contribution in [0, 0.1) is 5.92 Å². The van der Waals surface area contributed by atoms with Gasteiger partial charge in [-0.15, -0.1) is 0 Å². The Bertz CT molecular complexity index is 1270. The molecular formula is C27H23ClN2O5. The summed E-state index contributed by atoms with van der Waals surface area (Å²) in [6.45, 7) is 0.225. The van der Waals surface area contributed by atoms with E-state index in [-0.39, 0.29) is 41.6 Å². The van der Waals surface area contributed by atoms with Gasteiger partial charge in [0.05, 0.1) is 11.3 Å². The van der Waals surface area contributed by atoms with Crippen molar-refractivity contribution in [3.05, 3.63) is 88.4 Å². The summed E-state index contributed by atoms with van der Waals surface area (Å²) in [5.74, 6) is -1.82. The number of aromatic carboxylic acids is 1. The average molecular weight is 491 g/mol. The van der Waals surface area contributed by atoms with Crippen molar-refractivity contribution in [3.8, 4) is 11.1 Å². The molecule has 0 saturated heterocycles. The lowest BCUT2D eigenvalue weighted by Crippen LogP contribution is -2.48. The number of hydrogen-bond donors (Lipinski definition) is 3. The number of ether oxygens (including phenoxy) is 1. The number of hydrogen-bond acceptors (Lipinski definition) is 4. The van der Waals surface area contributed by atoms with E-state index in [1.807, 2.05) is 24.3 Å². The van der Waals surface area contributed by atoms with Gasteiger partial charge in [0.2, 0.25) is 5.91 Å². The molecule has 0 radical (unpaired) electrons. The van der Waals surface area contributed by atoms with Gasteiger partial charge in [0, 0.05) is 22.9 Å². The van der Waals surface area contributed by atoms with Crippen LogP contribution in [-0.2, 0) is 9.53 Å². The highest BCUT2D eigenvalue weighted by atomic mass is 35.5. The van der Waals surface area contributed by atoms with E-state index in [1.165, 1.54) is 18.2 Å². The summed E-state index contributed by atoms with van der Waals surface area (Å²) >= 11 is 5.94. The Balaban J connectivity index is 1.13. The largest absolute Gasteiger partial charge is 0.478 e. The number of benzene rings is 3. The molecule has 2 aliphatic rings. The van der Waals surface area contributed by atoms with Crippen LogP contribution < -0.4 is 10.6 Å². The van der Waals surface area contributed by atoms with Gasteiger partial charge in [-0.05, 0) is 53.3 Å². The summed E-state index contributed by atoms with van der Waals surface area (Å²) in [5.41, 5.74) is 4.73. The lowest BCUT2D eigenvalue weighted by atomic mass is 9.79. The molecule has 3 aromatic rings. The van der Waals surface area contributed by atoms with Crippen molar-refractivity contribution in [3.63, 3.8) is 0 Å². The van der Waals surface area contributed by atoms with E-state index in [1.54, 1.807) is 0 Å². The van der Waals surface area contributed by atoms with E-state index in [2.05, 4.69) is 34.9 Å². The second kappa shape index (κ2) is 9.43. The minimum atomic E-state index is -1.15. The Morgan fingerprint density at radius 2 is 1.57 bits per heavy atom. The van der Waals surface area contributed by atoms with Crippen molar-refractivity contribution in [1.29, 1.82) is 0 Å². The van der Waals surface area contributed by atoms with Crippen LogP contribution in [0.4, 0.5) is 10.5 Å². The maximum atomic E-state index is 12.6. The maximum absolute atomic E-state index is 12.6. The van der Waals surface area contributed by atoms with Crippen molar-refractivity contribution in [2.24, 2.45) is 5.92 Å². The average Bonchev–Trinajstić information content (AvgIpc) is 3.13. The second-order valence-corrected chi connectivity index (χ2v) is 9.26. The third-order valence-corrected chi connectivity index (χ3v) is 6.88. The Kier molecular flexibility index (Phi) is 6.17. The summed E-state index contributed by atoms with van der Waals surface area (Å²) in [7, 11) is 0. The Morgan fingerprint density at radius 3 is 2.20 bits per heavy atom. The quantitative estimate of drug-likeness (QED) is 0.435. The highest BCUT2D eigenvalue weighted by Crippen LogP contribution is 2.44. The first-order valence-electron chi connectivity index (χ1n) is 11.4. The van der Waals surface area contributed by atoms with Crippen LogP contribution in [0.1, 0.15) is 40.2 Å². The van der Waals surface area contributed by atoms with E-state index in [9.17, 15) is 19.5 Å². The van der Waals surface area contributed by atoms with Gasteiger partial charge in [-0.2, -0.15) is 0 Å². The summed E-state index contributed by atoms with van der Waals surface area (Å²) in [6.07, 6.45) is 0.372. The standard InChI is InChI=1S/C27H23ClN2O5/c28-16-9-10-22(26(32)33)24(13-16)30-25(31)15-11-17(12-15)29-27(34)35-14-23-20-7-3-1-5-18(20)19-6-2-4-8-21(19)23/h1-10,13,15,17,23H,11-12,14H2,(H,29,34)(H,30,31)(H,32,33). The summed E-state index contributed by atoms with van der Waals surface area (Å²) in [5, 5.41) is 15.1. The van der Waals surface area contributed by atoms with E-state index in [0.29, 0.717) is 17.9 Å². The van der Waals surface area contributed by atoms with E-state index in [0.717, 1.165) is 22.3 Å². The van der Waals surface area contributed by atoms with Crippen LogP contribution in [0.25, 0.3) is 11.1 Å². The Morgan fingerprint density at radius 1 is 0.943 bits per heavy atom. The second-order valence-electron chi connectivity index (χ2n) is 8.82. The molecule has 1 fully saturated rings. The fourth-order valence-corrected chi connectivity index (χ4v) is 4.97. The number of carboxylic acid groups (broad SMARTS) is 1. The molecule has 0 atom stereocenters. The molecule has 0 heterocycles. The number of carbonyl (C=O) groups is 3. The van der Waals surface area contributed by atoms with Crippen LogP contribution in [0.5, 0.6) is 0 Å². The van der Waals surface area contributed by atoms with Gasteiger partial charge in [-0.3, -0.25) is 4.79 Å². The fourth-order valence-electron chi connectivity index (χ4n) is 4.80. The highest BCUT2D eigenvalue weighted by Gasteiger charge is 2.36. The van der Waals surface area contributed by atoms with Gasteiger partial charge in [-0.1, -0.05) is 60.1 Å². The van der Waals surface area contributed by atoms with Crippen LogP contribution in [0.3, 0.4) is 0 Å². The molecule has 0 spiro atoms. The van der Waals surface area contributed by atoms with Crippen molar-refractivity contribution in [2.45, 2.75) is 24.8 Å². The lowest BCUT2D eigenvalue weighted by Gasteiger charge is -2.34. The Hall–Kier alpha value is -3.84. The van der Waals surface area contributed by atoms with Gasteiger partial charge in [0.25, 0.3) is 0 Å². The molecule has 0 aromatic heterocycles. The number of carbonyl (C=O) groups excluding carboxylic acids is 2. The fraction of sp³-hybridized carbons (Fsp3) is 0.222. The number of fused-ring (bicyclic) bond motifs is 3. The molecular weight excluding hydrogens is 468 g/mol. The number of amides is 2. The third kappa shape index (κ3) is 4.59. The van der Waals surface area contributed by atoms with Crippen LogP contribution in [0.2, 0.25) is 5.02 Å². The molecule has 3 N–H and O–H groups in total. The monoisotopic (exact) mass is 490 g/mol. The maximum Gasteiger partial charge on any atom is 0.407 e. The van der Waals surface area contributed by atoms with Gasteiger partial charge in [0.15, 0.2) is 0 Å². The van der Waals surface area contributed by atoms with E-state index >= 15 is 0 Å². The summed E-state index contributed by atoms with van der Waals surface area (Å²) < 4.78 is 5.56.